The van der Waals surface area contributed by atoms with Crippen molar-refractivity contribution in [3.63, 3.8) is 0 Å². The number of nitrogens with one attached hydrogen (secondary N) is 1. The Labute approximate surface area is 118 Å². The highest BCUT2D eigenvalue weighted by molar-refractivity contribution is 5.98. The van der Waals surface area contributed by atoms with Crippen molar-refractivity contribution in [1.29, 1.82) is 0 Å². The molecule has 0 fully saturated rings. The quantitative estimate of drug-likeness (QED) is 0.412. The summed E-state index contributed by atoms with van der Waals surface area (Å²) < 4.78 is 1.46. The van der Waals surface area contributed by atoms with Gasteiger partial charge in [-0.05, 0) is 24.3 Å². The lowest BCUT2D eigenvalue weighted by atomic mass is 10.2. The predicted molar refractivity (Wildman–Crippen MR) is 79.7 cm³/mol. The minimum Gasteiger partial charge on any atom is -0.290 e. The van der Waals surface area contributed by atoms with E-state index in [2.05, 4.69) is 15.4 Å². The van der Waals surface area contributed by atoms with Crippen LogP contribution in [-0.4, -0.2) is 19.6 Å². The average Bonchev–Trinajstić information content (AvgIpc) is 2.53. The fourth-order valence-electron chi connectivity index (χ4n) is 2.57. The molecule has 6 nitrogen and oxygen atoms in total. The van der Waals surface area contributed by atoms with Gasteiger partial charge in [0.25, 0.3) is 0 Å². The Balaban J connectivity index is 2.38. The minimum atomic E-state index is -0.392. The summed E-state index contributed by atoms with van der Waals surface area (Å²) in [5, 5.41) is 10.7. The summed E-state index contributed by atoms with van der Waals surface area (Å²) in [7, 11) is 0. The molecule has 2 heterocycles. The first kappa shape index (κ1) is 11.8. The molecule has 6 heteroatoms. The van der Waals surface area contributed by atoms with E-state index in [-0.39, 0.29) is 0 Å². The molecule has 4 aromatic rings. The minimum absolute atomic E-state index is 0.307. The summed E-state index contributed by atoms with van der Waals surface area (Å²) in [6.07, 6.45) is 0. The molecule has 0 aliphatic rings. The van der Waals surface area contributed by atoms with Gasteiger partial charge in [-0.1, -0.05) is 24.3 Å². The number of aromatic nitrogens is 3. The molecule has 102 valence electrons. The number of benzene rings is 2. The van der Waals surface area contributed by atoms with Crippen LogP contribution in [0.15, 0.2) is 53.3 Å². The normalized spacial score (nSPS) is 11.3. The Hall–Kier alpha value is -2.99. The molecule has 0 amide bonds. The second-order valence-corrected chi connectivity index (χ2v) is 4.66. The third kappa shape index (κ3) is 1.60. The third-order valence-corrected chi connectivity index (χ3v) is 3.49. The van der Waals surface area contributed by atoms with Gasteiger partial charge in [-0.3, -0.25) is 10.7 Å². The molecule has 2 aromatic carbocycles. The first-order chi connectivity index (χ1) is 10.3. The topological polar surface area (TPSA) is 79.5 Å². The molecule has 0 saturated carbocycles. The Bertz CT molecular complexity index is 1060. The Morgan fingerprint density at radius 2 is 1.67 bits per heavy atom. The van der Waals surface area contributed by atoms with Crippen molar-refractivity contribution in [3.05, 3.63) is 59.0 Å². The summed E-state index contributed by atoms with van der Waals surface area (Å²) in [6, 6.07) is 14.5. The second kappa shape index (κ2) is 4.26. The standard InChI is InChI=1S/C15H10N4O2/c20-15-16-11-7-3-1-5-9(11)14-17-13(18-21)10-6-2-4-8-12(10)19(14)15/h1-8,21H,(H,17,18). The number of anilines is 1. The molecule has 4 rings (SSSR count). The first-order valence-corrected chi connectivity index (χ1v) is 6.40. The van der Waals surface area contributed by atoms with Crippen LogP contribution in [0.2, 0.25) is 0 Å². The van der Waals surface area contributed by atoms with E-state index in [0.29, 0.717) is 27.9 Å². The van der Waals surface area contributed by atoms with E-state index in [1.165, 1.54) is 4.40 Å². The van der Waals surface area contributed by atoms with E-state index in [4.69, 9.17) is 0 Å². The van der Waals surface area contributed by atoms with Crippen LogP contribution in [0.3, 0.4) is 0 Å². The SMILES string of the molecule is O=c1nc2ccccc2c2nc(NO)c3ccccc3n12. The first-order valence-electron chi connectivity index (χ1n) is 6.40. The van der Waals surface area contributed by atoms with Crippen molar-refractivity contribution < 1.29 is 5.21 Å². The van der Waals surface area contributed by atoms with E-state index < -0.39 is 5.69 Å². The van der Waals surface area contributed by atoms with E-state index in [1.807, 2.05) is 30.3 Å². The van der Waals surface area contributed by atoms with Crippen molar-refractivity contribution >= 4 is 33.3 Å². The van der Waals surface area contributed by atoms with Crippen LogP contribution in [-0.2, 0) is 0 Å². The molecular formula is C15H10N4O2. The molecule has 2 N–H and O–H groups in total. The predicted octanol–water partition coefficient (Wildman–Crippen LogP) is 2.20. The Kier molecular flexibility index (Phi) is 2.39. The fourth-order valence-corrected chi connectivity index (χ4v) is 2.57. The van der Waals surface area contributed by atoms with Gasteiger partial charge < -0.3 is 0 Å². The van der Waals surface area contributed by atoms with Gasteiger partial charge in [-0.15, -0.1) is 0 Å². The molecule has 0 atom stereocenters. The number of hydrogen-bond acceptors (Lipinski definition) is 5. The lowest BCUT2D eigenvalue weighted by molar-refractivity contribution is 0.387. The zero-order chi connectivity index (χ0) is 14.4. The molecule has 2 aromatic heterocycles. The smallest absolute Gasteiger partial charge is 0.290 e. The number of fused-ring (bicyclic) bond motifs is 5. The van der Waals surface area contributed by atoms with E-state index >= 15 is 0 Å². The maximum atomic E-state index is 12.3. The van der Waals surface area contributed by atoms with Crippen molar-refractivity contribution in [2.45, 2.75) is 0 Å². The number of nitrogens with zero attached hydrogens (tertiary/aromatic N) is 3. The highest BCUT2D eigenvalue weighted by Crippen LogP contribution is 2.24. The van der Waals surface area contributed by atoms with Crippen LogP contribution >= 0.6 is 0 Å². The highest BCUT2D eigenvalue weighted by Gasteiger charge is 2.12. The van der Waals surface area contributed by atoms with Gasteiger partial charge in [0.1, 0.15) is 0 Å². The maximum absolute atomic E-state index is 12.3. The van der Waals surface area contributed by atoms with Crippen LogP contribution in [0.4, 0.5) is 5.82 Å². The summed E-state index contributed by atoms with van der Waals surface area (Å²) in [6.45, 7) is 0. The maximum Gasteiger partial charge on any atom is 0.354 e. The number of hydrogen-bond donors (Lipinski definition) is 2. The molecule has 0 radical (unpaired) electrons. The van der Waals surface area contributed by atoms with Crippen molar-refractivity contribution in [1.82, 2.24) is 14.4 Å². The van der Waals surface area contributed by atoms with Gasteiger partial charge in [-0.2, -0.15) is 4.98 Å². The monoisotopic (exact) mass is 278 g/mol. The molecule has 0 spiro atoms. The number of rotatable bonds is 1. The molecule has 0 saturated heterocycles. The van der Waals surface area contributed by atoms with Gasteiger partial charge in [0.15, 0.2) is 11.5 Å². The van der Waals surface area contributed by atoms with E-state index in [0.717, 1.165) is 5.39 Å². The molecule has 0 aliphatic carbocycles. The van der Waals surface area contributed by atoms with Crippen LogP contribution in [0.5, 0.6) is 0 Å². The van der Waals surface area contributed by atoms with Crippen LogP contribution in [0.25, 0.3) is 27.5 Å². The van der Waals surface area contributed by atoms with Gasteiger partial charge in [0, 0.05) is 10.8 Å². The zero-order valence-electron chi connectivity index (χ0n) is 10.8. The lowest BCUT2D eigenvalue weighted by Gasteiger charge is -2.10. The fraction of sp³-hybridized carbons (Fsp3) is 0. The zero-order valence-corrected chi connectivity index (χ0v) is 10.8. The van der Waals surface area contributed by atoms with Gasteiger partial charge in [-0.25, -0.2) is 14.2 Å². The summed E-state index contributed by atoms with van der Waals surface area (Å²) >= 11 is 0. The summed E-state index contributed by atoms with van der Waals surface area (Å²) in [4.78, 5) is 20.8. The number of para-hydroxylation sites is 2. The van der Waals surface area contributed by atoms with E-state index in [1.54, 1.807) is 18.2 Å². The largest absolute Gasteiger partial charge is 0.354 e. The molecule has 21 heavy (non-hydrogen) atoms. The molecule has 0 unspecified atom stereocenters. The second-order valence-electron chi connectivity index (χ2n) is 4.66. The summed E-state index contributed by atoms with van der Waals surface area (Å²) in [5.74, 6) is 0.307. The Morgan fingerprint density at radius 1 is 0.952 bits per heavy atom. The van der Waals surface area contributed by atoms with Gasteiger partial charge >= 0.3 is 5.69 Å². The molecular weight excluding hydrogens is 268 g/mol. The highest BCUT2D eigenvalue weighted by atomic mass is 16.5. The lowest BCUT2D eigenvalue weighted by Crippen LogP contribution is -2.19. The third-order valence-electron chi connectivity index (χ3n) is 3.49. The van der Waals surface area contributed by atoms with Crippen molar-refractivity contribution in [2.75, 3.05) is 5.48 Å². The van der Waals surface area contributed by atoms with Crippen LogP contribution in [0, 0.1) is 0 Å². The molecule has 0 bridgehead atoms. The van der Waals surface area contributed by atoms with Crippen molar-refractivity contribution in [2.24, 2.45) is 0 Å². The van der Waals surface area contributed by atoms with Crippen LogP contribution < -0.4 is 11.2 Å². The van der Waals surface area contributed by atoms with Crippen molar-refractivity contribution in [3.8, 4) is 0 Å². The molecule has 0 aliphatic heterocycles. The average molecular weight is 278 g/mol. The van der Waals surface area contributed by atoms with Gasteiger partial charge in [0.2, 0.25) is 0 Å². The van der Waals surface area contributed by atoms with Crippen LogP contribution in [0.1, 0.15) is 0 Å². The Morgan fingerprint density at radius 3 is 2.48 bits per heavy atom. The van der Waals surface area contributed by atoms with E-state index in [9.17, 15) is 10.0 Å². The van der Waals surface area contributed by atoms with Gasteiger partial charge in [0.05, 0.1) is 11.0 Å². The summed E-state index contributed by atoms with van der Waals surface area (Å²) in [5.41, 5.74) is 3.39.